The molecule has 2 amide bonds. The van der Waals surface area contributed by atoms with Crippen molar-refractivity contribution in [1.82, 2.24) is 10.2 Å². The van der Waals surface area contributed by atoms with E-state index in [-0.39, 0.29) is 6.04 Å². The van der Waals surface area contributed by atoms with Gasteiger partial charge in [0.2, 0.25) is 0 Å². The first kappa shape index (κ1) is 14.2. The molecular formula is C10H17N3O5. The van der Waals surface area contributed by atoms with E-state index >= 15 is 0 Å². The summed E-state index contributed by atoms with van der Waals surface area (Å²) in [5.41, 5.74) is 5.68. The van der Waals surface area contributed by atoms with E-state index in [0.717, 1.165) is 0 Å². The van der Waals surface area contributed by atoms with Crippen molar-refractivity contribution in [1.29, 1.82) is 0 Å². The number of piperidine rings is 1. The fourth-order valence-corrected chi connectivity index (χ4v) is 1.72. The van der Waals surface area contributed by atoms with Gasteiger partial charge in [0.05, 0.1) is 6.42 Å². The average Bonchev–Trinajstić information content (AvgIpc) is 2.28. The van der Waals surface area contributed by atoms with Gasteiger partial charge >= 0.3 is 18.0 Å². The number of aliphatic carboxylic acids is 2. The summed E-state index contributed by atoms with van der Waals surface area (Å²) < 4.78 is 0. The van der Waals surface area contributed by atoms with Crippen molar-refractivity contribution >= 4 is 18.0 Å². The second-order valence-corrected chi connectivity index (χ2v) is 4.26. The number of carboxylic acid groups (broad SMARTS) is 2. The van der Waals surface area contributed by atoms with Crippen LogP contribution in [-0.2, 0) is 9.59 Å². The number of amides is 2. The van der Waals surface area contributed by atoms with Gasteiger partial charge in [-0.15, -0.1) is 0 Å². The SMILES string of the molecule is NC1CCN(C(=O)NC(CC(=O)O)C(=O)O)CC1. The van der Waals surface area contributed by atoms with Crippen LogP contribution in [0.1, 0.15) is 19.3 Å². The molecule has 1 aliphatic rings. The van der Waals surface area contributed by atoms with Crippen LogP contribution in [0.25, 0.3) is 0 Å². The van der Waals surface area contributed by atoms with Crippen LogP contribution in [0.15, 0.2) is 0 Å². The highest BCUT2D eigenvalue weighted by Crippen LogP contribution is 2.08. The number of nitrogens with one attached hydrogen (secondary N) is 1. The molecule has 5 N–H and O–H groups in total. The Balaban J connectivity index is 2.50. The zero-order valence-corrected chi connectivity index (χ0v) is 9.83. The second-order valence-electron chi connectivity index (χ2n) is 4.26. The van der Waals surface area contributed by atoms with E-state index in [0.29, 0.717) is 25.9 Å². The van der Waals surface area contributed by atoms with Gasteiger partial charge in [0.1, 0.15) is 6.04 Å². The lowest BCUT2D eigenvalue weighted by Gasteiger charge is -2.31. The van der Waals surface area contributed by atoms with E-state index in [1.165, 1.54) is 4.90 Å². The fourth-order valence-electron chi connectivity index (χ4n) is 1.72. The van der Waals surface area contributed by atoms with Crippen molar-refractivity contribution in [2.45, 2.75) is 31.3 Å². The molecule has 102 valence electrons. The monoisotopic (exact) mass is 259 g/mol. The molecule has 0 radical (unpaired) electrons. The Labute approximate surface area is 104 Å². The smallest absolute Gasteiger partial charge is 0.326 e. The fraction of sp³-hybridized carbons (Fsp3) is 0.700. The number of nitrogens with two attached hydrogens (primary N) is 1. The Morgan fingerprint density at radius 1 is 1.28 bits per heavy atom. The summed E-state index contributed by atoms with van der Waals surface area (Å²) in [5, 5.41) is 19.5. The van der Waals surface area contributed by atoms with Crippen LogP contribution in [0.3, 0.4) is 0 Å². The van der Waals surface area contributed by atoms with Gasteiger partial charge in [-0.05, 0) is 12.8 Å². The molecule has 0 bridgehead atoms. The third-order valence-electron chi connectivity index (χ3n) is 2.80. The zero-order chi connectivity index (χ0) is 13.7. The minimum absolute atomic E-state index is 0.0586. The van der Waals surface area contributed by atoms with Gasteiger partial charge in [-0.1, -0.05) is 0 Å². The largest absolute Gasteiger partial charge is 0.481 e. The molecule has 1 heterocycles. The van der Waals surface area contributed by atoms with Gasteiger partial charge in [0.15, 0.2) is 0 Å². The Bertz CT molecular complexity index is 338. The molecule has 0 spiro atoms. The average molecular weight is 259 g/mol. The highest BCUT2D eigenvalue weighted by atomic mass is 16.4. The number of rotatable bonds is 4. The first-order chi connectivity index (χ1) is 8.40. The molecule has 8 heteroatoms. The van der Waals surface area contributed by atoms with E-state index in [1.807, 2.05) is 0 Å². The van der Waals surface area contributed by atoms with Crippen molar-refractivity contribution in [3.63, 3.8) is 0 Å². The number of urea groups is 1. The number of likely N-dealkylation sites (tertiary alicyclic amines) is 1. The maximum Gasteiger partial charge on any atom is 0.326 e. The summed E-state index contributed by atoms with van der Waals surface area (Å²) in [6.45, 7) is 0.902. The van der Waals surface area contributed by atoms with Gasteiger partial charge in [-0.25, -0.2) is 9.59 Å². The Kier molecular flexibility index (Phi) is 4.90. The maximum absolute atomic E-state index is 11.7. The minimum Gasteiger partial charge on any atom is -0.481 e. The van der Waals surface area contributed by atoms with Crippen molar-refractivity contribution in [2.24, 2.45) is 5.73 Å². The molecule has 18 heavy (non-hydrogen) atoms. The lowest BCUT2D eigenvalue weighted by atomic mass is 10.1. The molecule has 0 aromatic rings. The van der Waals surface area contributed by atoms with Crippen molar-refractivity contribution < 1.29 is 24.6 Å². The van der Waals surface area contributed by atoms with Crippen molar-refractivity contribution in [2.75, 3.05) is 13.1 Å². The second kappa shape index (κ2) is 6.20. The third kappa shape index (κ3) is 4.21. The summed E-state index contributed by atoms with van der Waals surface area (Å²) in [4.78, 5) is 34.4. The van der Waals surface area contributed by atoms with Gasteiger partial charge in [-0.3, -0.25) is 4.79 Å². The van der Waals surface area contributed by atoms with Crippen LogP contribution < -0.4 is 11.1 Å². The molecule has 1 aliphatic heterocycles. The molecule has 1 fully saturated rings. The molecule has 0 aromatic carbocycles. The van der Waals surface area contributed by atoms with Crippen LogP contribution in [0.4, 0.5) is 4.79 Å². The first-order valence-electron chi connectivity index (χ1n) is 5.65. The summed E-state index contributed by atoms with van der Waals surface area (Å²) >= 11 is 0. The molecule has 0 saturated carbocycles. The van der Waals surface area contributed by atoms with Crippen LogP contribution in [0, 0.1) is 0 Å². The number of carbonyl (C=O) groups excluding carboxylic acids is 1. The molecule has 8 nitrogen and oxygen atoms in total. The number of carboxylic acids is 2. The van der Waals surface area contributed by atoms with Gasteiger partial charge in [0, 0.05) is 19.1 Å². The summed E-state index contributed by atoms with van der Waals surface area (Å²) in [6, 6.07) is -1.91. The Morgan fingerprint density at radius 2 is 1.83 bits per heavy atom. The molecule has 0 aliphatic carbocycles. The van der Waals surface area contributed by atoms with Gasteiger partial charge in [0.25, 0.3) is 0 Å². The Morgan fingerprint density at radius 3 is 2.28 bits per heavy atom. The molecule has 1 unspecified atom stereocenters. The predicted octanol–water partition coefficient (Wildman–Crippen LogP) is -0.953. The summed E-state index contributed by atoms with van der Waals surface area (Å²) in [6.07, 6.45) is 0.669. The van der Waals surface area contributed by atoms with E-state index in [1.54, 1.807) is 0 Å². The van der Waals surface area contributed by atoms with Gasteiger partial charge < -0.3 is 26.2 Å². The predicted molar refractivity (Wildman–Crippen MR) is 61.0 cm³/mol. The molecule has 0 aromatic heterocycles. The van der Waals surface area contributed by atoms with Crippen molar-refractivity contribution in [3.8, 4) is 0 Å². The number of hydrogen-bond acceptors (Lipinski definition) is 4. The first-order valence-corrected chi connectivity index (χ1v) is 5.65. The highest BCUT2D eigenvalue weighted by molar-refractivity contribution is 5.86. The number of carbonyl (C=O) groups is 3. The number of hydrogen-bond donors (Lipinski definition) is 4. The van der Waals surface area contributed by atoms with E-state index in [9.17, 15) is 14.4 Å². The molecule has 1 atom stereocenters. The van der Waals surface area contributed by atoms with Gasteiger partial charge in [-0.2, -0.15) is 0 Å². The van der Waals surface area contributed by atoms with Crippen LogP contribution in [-0.4, -0.2) is 58.3 Å². The summed E-state index contributed by atoms with van der Waals surface area (Å²) in [7, 11) is 0. The molecular weight excluding hydrogens is 242 g/mol. The normalized spacial score (nSPS) is 18.2. The third-order valence-corrected chi connectivity index (χ3v) is 2.80. The lowest BCUT2D eigenvalue weighted by molar-refractivity contribution is -0.145. The summed E-state index contributed by atoms with van der Waals surface area (Å²) in [5.74, 6) is -2.64. The molecule has 1 saturated heterocycles. The van der Waals surface area contributed by atoms with E-state index in [2.05, 4.69) is 5.32 Å². The zero-order valence-electron chi connectivity index (χ0n) is 9.83. The lowest BCUT2D eigenvalue weighted by Crippen LogP contribution is -2.52. The molecule has 1 rings (SSSR count). The van der Waals surface area contributed by atoms with E-state index in [4.69, 9.17) is 15.9 Å². The van der Waals surface area contributed by atoms with Crippen LogP contribution in [0.5, 0.6) is 0 Å². The van der Waals surface area contributed by atoms with Crippen LogP contribution in [0.2, 0.25) is 0 Å². The number of nitrogens with zero attached hydrogens (tertiary/aromatic N) is 1. The quantitative estimate of drug-likeness (QED) is 0.514. The van der Waals surface area contributed by atoms with E-state index < -0.39 is 30.4 Å². The van der Waals surface area contributed by atoms with Crippen molar-refractivity contribution in [3.05, 3.63) is 0 Å². The maximum atomic E-state index is 11.7. The topological polar surface area (TPSA) is 133 Å². The van der Waals surface area contributed by atoms with Crippen LogP contribution >= 0.6 is 0 Å². The Hall–Kier alpha value is -1.83. The highest BCUT2D eigenvalue weighted by Gasteiger charge is 2.27. The standard InChI is InChI=1S/C10H17N3O5/c11-6-1-3-13(4-2-6)10(18)12-7(9(16)17)5-8(14)15/h6-7H,1-5,11H2,(H,12,18)(H,14,15)(H,16,17). The minimum atomic E-state index is -1.41.